The maximum atomic E-state index is 6.29. The molecule has 94 valence electrons. The maximum Gasteiger partial charge on any atom is 0.122 e. The van der Waals surface area contributed by atoms with Crippen LogP contribution >= 0.6 is 15.9 Å². The Morgan fingerprint density at radius 2 is 2.18 bits per heavy atom. The second-order valence-corrected chi connectivity index (χ2v) is 6.54. The third kappa shape index (κ3) is 2.83. The third-order valence-corrected chi connectivity index (χ3v) is 4.30. The summed E-state index contributed by atoms with van der Waals surface area (Å²) in [5.41, 5.74) is 7.91. The predicted molar refractivity (Wildman–Crippen MR) is 74.3 cm³/mol. The summed E-state index contributed by atoms with van der Waals surface area (Å²) in [7, 11) is 1.71. The number of ether oxygens (including phenoxy) is 1. The van der Waals surface area contributed by atoms with E-state index in [4.69, 9.17) is 10.5 Å². The van der Waals surface area contributed by atoms with Crippen molar-refractivity contribution in [3.63, 3.8) is 0 Å². The van der Waals surface area contributed by atoms with Crippen LogP contribution in [0, 0.1) is 11.3 Å². The van der Waals surface area contributed by atoms with E-state index in [1.165, 1.54) is 12.0 Å². The van der Waals surface area contributed by atoms with Crippen LogP contribution in [0.5, 0.6) is 5.75 Å². The van der Waals surface area contributed by atoms with E-state index in [0.717, 1.165) is 16.6 Å². The van der Waals surface area contributed by atoms with Gasteiger partial charge in [-0.1, -0.05) is 29.8 Å². The molecule has 0 saturated heterocycles. The lowest BCUT2D eigenvalue weighted by molar-refractivity contribution is 0.403. The SMILES string of the molecule is COc1ccc(Br)cc1CC(N)C1CC1(C)C. The molecule has 2 N–H and O–H groups in total. The first-order valence-electron chi connectivity index (χ1n) is 6.02. The van der Waals surface area contributed by atoms with E-state index in [1.54, 1.807) is 7.11 Å². The maximum absolute atomic E-state index is 6.29. The van der Waals surface area contributed by atoms with Crippen molar-refractivity contribution >= 4 is 15.9 Å². The van der Waals surface area contributed by atoms with E-state index < -0.39 is 0 Å². The first-order valence-corrected chi connectivity index (χ1v) is 6.81. The van der Waals surface area contributed by atoms with Crippen molar-refractivity contribution in [1.82, 2.24) is 0 Å². The van der Waals surface area contributed by atoms with Gasteiger partial charge in [-0.05, 0) is 47.9 Å². The molecule has 1 saturated carbocycles. The van der Waals surface area contributed by atoms with Crippen LogP contribution in [0.3, 0.4) is 0 Å². The molecule has 0 aliphatic heterocycles. The fraction of sp³-hybridized carbons (Fsp3) is 0.571. The quantitative estimate of drug-likeness (QED) is 0.925. The van der Waals surface area contributed by atoms with Crippen molar-refractivity contribution in [2.45, 2.75) is 32.7 Å². The lowest BCUT2D eigenvalue weighted by Crippen LogP contribution is -2.27. The van der Waals surface area contributed by atoms with Crippen LogP contribution in [0.4, 0.5) is 0 Å². The largest absolute Gasteiger partial charge is 0.496 e. The van der Waals surface area contributed by atoms with Gasteiger partial charge in [-0.25, -0.2) is 0 Å². The fourth-order valence-electron chi connectivity index (χ4n) is 2.54. The van der Waals surface area contributed by atoms with Crippen molar-refractivity contribution in [1.29, 1.82) is 0 Å². The van der Waals surface area contributed by atoms with Crippen molar-refractivity contribution in [3.8, 4) is 5.75 Å². The van der Waals surface area contributed by atoms with Crippen LogP contribution in [-0.2, 0) is 6.42 Å². The standard InChI is InChI=1S/C14H20BrNO/c1-14(2)8-11(14)12(16)7-9-6-10(15)4-5-13(9)17-3/h4-6,11-12H,7-8,16H2,1-3H3. The highest BCUT2D eigenvalue weighted by Gasteiger charge is 2.48. The number of hydrogen-bond acceptors (Lipinski definition) is 2. The average molecular weight is 298 g/mol. The predicted octanol–water partition coefficient (Wildman–Crippen LogP) is 3.37. The third-order valence-electron chi connectivity index (χ3n) is 3.80. The van der Waals surface area contributed by atoms with Gasteiger partial charge in [-0.15, -0.1) is 0 Å². The molecule has 1 aliphatic carbocycles. The molecule has 1 aromatic rings. The summed E-state index contributed by atoms with van der Waals surface area (Å²) in [5, 5.41) is 0. The summed E-state index contributed by atoms with van der Waals surface area (Å²) < 4.78 is 6.46. The van der Waals surface area contributed by atoms with Gasteiger partial charge in [0.2, 0.25) is 0 Å². The lowest BCUT2D eigenvalue weighted by Gasteiger charge is -2.16. The molecule has 0 spiro atoms. The minimum Gasteiger partial charge on any atom is -0.496 e. The van der Waals surface area contributed by atoms with Gasteiger partial charge in [-0.3, -0.25) is 0 Å². The molecule has 0 radical (unpaired) electrons. The van der Waals surface area contributed by atoms with Gasteiger partial charge in [0.25, 0.3) is 0 Å². The van der Waals surface area contributed by atoms with Crippen LogP contribution < -0.4 is 10.5 Å². The number of halogens is 1. The normalized spacial score (nSPS) is 23.2. The summed E-state index contributed by atoms with van der Waals surface area (Å²) in [5.74, 6) is 1.58. The molecule has 17 heavy (non-hydrogen) atoms. The highest BCUT2D eigenvalue weighted by atomic mass is 79.9. The van der Waals surface area contributed by atoms with Crippen LogP contribution in [-0.4, -0.2) is 13.2 Å². The number of rotatable bonds is 4. The van der Waals surface area contributed by atoms with Crippen LogP contribution in [0.1, 0.15) is 25.8 Å². The zero-order valence-corrected chi connectivity index (χ0v) is 12.3. The molecule has 2 atom stereocenters. The fourth-order valence-corrected chi connectivity index (χ4v) is 2.95. The van der Waals surface area contributed by atoms with E-state index in [0.29, 0.717) is 11.3 Å². The van der Waals surface area contributed by atoms with E-state index in [-0.39, 0.29) is 6.04 Å². The number of methoxy groups -OCH3 is 1. The molecular weight excluding hydrogens is 278 g/mol. The molecule has 2 rings (SSSR count). The lowest BCUT2D eigenvalue weighted by atomic mass is 9.97. The molecular formula is C14H20BrNO. The van der Waals surface area contributed by atoms with Gasteiger partial charge >= 0.3 is 0 Å². The van der Waals surface area contributed by atoms with Crippen molar-refractivity contribution in [3.05, 3.63) is 28.2 Å². The molecule has 1 aromatic carbocycles. The van der Waals surface area contributed by atoms with Crippen LogP contribution in [0.15, 0.2) is 22.7 Å². The van der Waals surface area contributed by atoms with Crippen molar-refractivity contribution in [2.75, 3.05) is 7.11 Å². The molecule has 1 aliphatic rings. The number of benzene rings is 1. The minimum absolute atomic E-state index is 0.230. The molecule has 0 bridgehead atoms. The summed E-state index contributed by atoms with van der Waals surface area (Å²) in [4.78, 5) is 0. The summed E-state index contributed by atoms with van der Waals surface area (Å²) in [6, 6.07) is 6.32. The molecule has 2 unspecified atom stereocenters. The Morgan fingerprint density at radius 1 is 1.53 bits per heavy atom. The minimum atomic E-state index is 0.230. The number of hydrogen-bond donors (Lipinski definition) is 1. The topological polar surface area (TPSA) is 35.2 Å². The Kier molecular flexibility index (Phi) is 3.50. The van der Waals surface area contributed by atoms with Crippen LogP contribution in [0.2, 0.25) is 0 Å². The molecule has 0 amide bonds. The molecule has 2 nitrogen and oxygen atoms in total. The molecule has 3 heteroatoms. The van der Waals surface area contributed by atoms with Crippen LogP contribution in [0.25, 0.3) is 0 Å². The van der Waals surface area contributed by atoms with E-state index >= 15 is 0 Å². The highest BCUT2D eigenvalue weighted by Crippen LogP contribution is 2.53. The van der Waals surface area contributed by atoms with Gasteiger partial charge in [0.05, 0.1) is 7.11 Å². The van der Waals surface area contributed by atoms with Gasteiger partial charge in [0, 0.05) is 10.5 Å². The Morgan fingerprint density at radius 3 is 2.71 bits per heavy atom. The second-order valence-electron chi connectivity index (χ2n) is 5.62. The summed E-state index contributed by atoms with van der Waals surface area (Å²) in [6.45, 7) is 4.57. The van der Waals surface area contributed by atoms with Crippen molar-refractivity contribution in [2.24, 2.45) is 17.1 Å². The zero-order chi connectivity index (χ0) is 12.6. The Labute approximate surface area is 112 Å². The first-order chi connectivity index (χ1) is 7.94. The zero-order valence-electron chi connectivity index (χ0n) is 10.7. The second kappa shape index (κ2) is 4.62. The van der Waals surface area contributed by atoms with E-state index in [9.17, 15) is 0 Å². The Hall–Kier alpha value is -0.540. The van der Waals surface area contributed by atoms with Crippen molar-refractivity contribution < 1.29 is 4.74 Å². The Balaban J connectivity index is 2.10. The summed E-state index contributed by atoms with van der Waals surface area (Å²) in [6.07, 6.45) is 2.13. The van der Waals surface area contributed by atoms with Gasteiger partial charge in [0.1, 0.15) is 5.75 Å². The summed E-state index contributed by atoms with van der Waals surface area (Å²) >= 11 is 3.49. The first kappa shape index (κ1) is 12.9. The molecule has 1 fully saturated rings. The van der Waals surface area contributed by atoms with Gasteiger partial charge in [-0.2, -0.15) is 0 Å². The van der Waals surface area contributed by atoms with Gasteiger partial charge < -0.3 is 10.5 Å². The molecule has 0 aromatic heterocycles. The monoisotopic (exact) mass is 297 g/mol. The average Bonchev–Trinajstić information content (AvgIpc) is 2.88. The van der Waals surface area contributed by atoms with Gasteiger partial charge in [0.15, 0.2) is 0 Å². The van der Waals surface area contributed by atoms with E-state index in [2.05, 4.69) is 35.8 Å². The highest BCUT2D eigenvalue weighted by molar-refractivity contribution is 9.10. The molecule has 0 heterocycles. The van der Waals surface area contributed by atoms with E-state index in [1.807, 2.05) is 12.1 Å². The smallest absolute Gasteiger partial charge is 0.122 e. The Bertz CT molecular complexity index is 417. The number of nitrogens with two attached hydrogens (primary N) is 1.